The van der Waals surface area contributed by atoms with Gasteiger partial charge in [-0.05, 0) is 41.0 Å². The molecule has 1 aliphatic rings. The zero-order valence-electron chi connectivity index (χ0n) is 15.3. The van der Waals surface area contributed by atoms with E-state index in [9.17, 15) is 9.59 Å². The number of nitrogens with zero attached hydrogens (tertiary/aromatic N) is 1. The molecule has 4 aromatic rings. The normalized spacial score (nSPS) is 13.2. The molecule has 0 saturated carbocycles. The molecule has 1 heterocycles. The number of carbonyl (C=O) groups is 2. The van der Waals surface area contributed by atoms with Crippen molar-refractivity contribution in [3.63, 3.8) is 0 Å². The highest BCUT2D eigenvalue weighted by Gasteiger charge is 2.40. The first-order valence-corrected chi connectivity index (χ1v) is 9.22. The maximum absolute atomic E-state index is 13.5. The van der Waals surface area contributed by atoms with Crippen LogP contribution in [-0.2, 0) is 0 Å². The Balaban J connectivity index is 1.84. The molecule has 0 fully saturated rings. The van der Waals surface area contributed by atoms with E-state index in [0.29, 0.717) is 16.8 Å². The summed E-state index contributed by atoms with van der Waals surface area (Å²) in [5.41, 5.74) is 4.23. The Morgan fingerprint density at radius 2 is 1.36 bits per heavy atom. The molecule has 2 amide bonds. The van der Waals surface area contributed by atoms with Crippen LogP contribution < -0.4 is 4.90 Å². The SMILES string of the molecule is Cc1ccccc1N1C(=O)c2cc3ccccc3c(-c3ccccc3)c2C1=O. The summed E-state index contributed by atoms with van der Waals surface area (Å²) in [4.78, 5) is 28.1. The van der Waals surface area contributed by atoms with Crippen LogP contribution >= 0.6 is 0 Å². The fraction of sp³-hybridized carbons (Fsp3) is 0.0400. The molecular formula is C25H17NO2. The summed E-state index contributed by atoms with van der Waals surface area (Å²) in [6.07, 6.45) is 0. The number of hydrogen-bond donors (Lipinski definition) is 0. The third-order valence-corrected chi connectivity index (χ3v) is 5.32. The second-order valence-electron chi connectivity index (χ2n) is 6.99. The fourth-order valence-corrected chi connectivity index (χ4v) is 4.00. The molecule has 0 saturated heterocycles. The Morgan fingerprint density at radius 3 is 2.14 bits per heavy atom. The molecule has 28 heavy (non-hydrogen) atoms. The maximum Gasteiger partial charge on any atom is 0.266 e. The number of benzene rings is 4. The van der Waals surface area contributed by atoms with Gasteiger partial charge < -0.3 is 0 Å². The number of rotatable bonds is 2. The van der Waals surface area contributed by atoms with Crippen molar-refractivity contribution >= 4 is 28.3 Å². The Bertz CT molecular complexity index is 1260. The summed E-state index contributed by atoms with van der Waals surface area (Å²) in [7, 11) is 0. The number of amides is 2. The number of carbonyl (C=O) groups excluding carboxylic acids is 2. The maximum atomic E-state index is 13.5. The van der Waals surface area contributed by atoms with Crippen LogP contribution in [-0.4, -0.2) is 11.8 Å². The summed E-state index contributed by atoms with van der Waals surface area (Å²) in [6.45, 7) is 1.91. The molecular weight excluding hydrogens is 346 g/mol. The summed E-state index contributed by atoms with van der Waals surface area (Å²) in [6, 6.07) is 27.0. The largest absolute Gasteiger partial charge is 0.268 e. The van der Waals surface area contributed by atoms with Crippen LogP contribution in [0.25, 0.3) is 21.9 Å². The molecule has 0 atom stereocenters. The van der Waals surface area contributed by atoms with Crippen molar-refractivity contribution in [2.75, 3.05) is 4.90 Å². The van der Waals surface area contributed by atoms with Crippen LogP contribution in [0.2, 0.25) is 0 Å². The number of para-hydroxylation sites is 1. The molecule has 0 bridgehead atoms. The summed E-state index contributed by atoms with van der Waals surface area (Å²) < 4.78 is 0. The third-order valence-electron chi connectivity index (χ3n) is 5.32. The molecule has 4 aromatic carbocycles. The van der Waals surface area contributed by atoms with Crippen LogP contribution in [0.1, 0.15) is 26.3 Å². The van der Waals surface area contributed by atoms with Gasteiger partial charge in [-0.1, -0.05) is 72.8 Å². The number of aryl methyl sites for hydroxylation is 1. The van der Waals surface area contributed by atoms with Crippen molar-refractivity contribution < 1.29 is 9.59 Å². The highest BCUT2D eigenvalue weighted by atomic mass is 16.2. The first-order valence-electron chi connectivity index (χ1n) is 9.22. The van der Waals surface area contributed by atoms with Crippen molar-refractivity contribution in [2.45, 2.75) is 6.92 Å². The van der Waals surface area contributed by atoms with Gasteiger partial charge in [-0.25, -0.2) is 4.90 Å². The minimum Gasteiger partial charge on any atom is -0.268 e. The molecule has 0 N–H and O–H groups in total. The summed E-state index contributed by atoms with van der Waals surface area (Å²) in [5.74, 6) is -0.531. The van der Waals surface area contributed by atoms with Gasteiger partial charge in [-0.3, -0.25) is 9.59 Å². The van der Waals surface area contributed by atoms with E-state index < -0.39 is 0 Å². The zero-order valence-corrected chi connectivity index (χ0v) is 15.3. The first kappa shape index (κ1) is 16.5. The van der Waals surface area contributed by atoms with Crippen molar-refractivity contribution in [2.24, 2.45) is 0 Å². The van der Waals surface area contributed by atoms with Gasteiger partial charge in [0, 0.05) is 5.56 Å². The van der Waals surface area contributed by atoms with Crippen molar-refractivity contribution in [1.82, 2.24) is 0 Å². The van der Waals surface area contributed by atoms with Crippen LogP contribution in [0.5, 0.6) is 0 Å². The first-order chi connectivity index (χ1) is 13.7. The third kappa shape index (κ3) is 2.30. The quantitative estimate of drug-likeness (QED) is 0.434. The van der Waals surface area contributed by atoms with Crippen molar-refractivity contribution in [1.29, 1.82) is 0 Å². The van der Waals surface area contributed by atoms with Crippen molar-refractivity contribution in [3.05, 3.63) is 102 Å². The number of imide groups is 1. The Kier molecular flexibility index (Phi) is 3.63. The molecule has 1 aliphatic heterocycles. The molecule has 3 nitrogen and oxygen atoms in total. The standard InChI is InChI=1S/C25H17NO2/c1-16-9-5-8-14-21(16)26-24(27)20-15-18-12-6-7-13-19(18)22(23(20)25(26)28)17-10-3-2-4-11-17/h2-15H,1H3. The lowest BCUT2D eigenvalue weighted by Gasteiger charge is -2.16. The molecule has 134 valence electrons. The number of hydrogen-bond acceptors (Lipinski definition) is 2. The average molecular weight is 363 g/mol. The lowest BCUT2D eigenvalue weighted by molar-refractivity contribution is 0.0926. The van der Waals surface area contributed by atoms with E-state index in [4.69, 9.17) is 0 Å². The Labute approximate surface area is 162 Å². The van der Waals surface area contributed by atoms with Crippen molar-refractivity contribution in [3.8, 4) is 11.1 Å². The zero-order chi connectivity index (χ0) is 19.3. The smallest absolute Gasteiger partial charge is 0.266 e. The topological polar surface area (TPSA) is 37.4 Å². The molecule has 0 unspecified atom stereocenters. The van der Waals surface area contributed by atoms with Gasteiger partial charge in [0.25, 0.3) is 11.8 Å². The van der Waals surface area contributed by atoms with E-state index in [0.717, 1.165) is 27.5 Å². The predicted molar refractivity (Wildman–Crippen MR) is 112 cm³/mol. The molecule has 0 spiro atoms. The highest BCUT2D eigenvalue weighted by molar-refractivity contribution is 6.38. The lowest BCUT2D eigenvalue weighted by Crippen LogP contribution is -2.30. The van der Waals surface area contributed by atoms with Crippen LogP contribution in [0.15, 0.2) is 84.9 Å². The van der Waals surface area contributed by atoms with E-state index in [1.54, 1.807) is 0 Å². The summed E-state index contributed by atoms with van der Waals surface area (Å²) in [5, 5.41) is 1.92. The van der Waals surface area contributed by atoms with Gasteiger partial charge in [-0.2, -0.15) is 0 Å². The van der Waals surface area contributed by atoms with E-state index in [-0.39, 0.29) is 11.8 Å². The number of fused-ring (bicyclic) bond motifs is 2. The van der Waals surface area contributed by atoms with E-state index >= 15 is 0 Å². The predicted octanol–water partition coefficient (Wildman–Crippen LogP) is 5.62. The molecule has 0 aliphatic carbocycles. The summed E-state index contributed by atoms with van der Waals surface area (Å²) >= 11 is 0. The molecule has 5 rings (SSSR count). The van der Waals surface area contributed by atoms with Gasteiger partial charge in [0.1, 0.15) is 0 Å². The van der Waals surface area contributed by atoms with Gasteiger partial charge in [-0.15, -0.1) is 0 Å². The Morgan fingerprint density at radius 1 is 0.679 bits per heavy atom. The lowest BCUT2D eigenvalue weighted by atomic mass is 9.90. The van der Waals surface area contributed by atoms with E-state index in [2.05, 4.69) is 0 Å². The van der Waals surface area contributed by atoms with Gasteiger partial charge >= 0.3 is 0 Å². The van der Waals surface area contributed by atoms with E-state index in [1.165, 1.54) is 4.90 Å². The Hall–Kier alpha value is -3.72. The van der Waals surface area contributed by atoms with E-state index in [1.807, 2.05) is 91.9 Å². The van der Waals surface area contributed by atoms with Gasteiger partial charge in [0.2, 0.25) is 0 Å². The highest BCUT2D eigenvalue weighted by Crippen LogP contribution is 2.40. The minimum absolute atomic E-state index is 0.265. The monoisotopic (exact) mass is 363 g/mol. The van der Waals surface area contributed by atoms with Gasteiger partial charge in [0.15, 0.2) is 0 Å². The van der Waals surface area contributed by atoms with Crippen LogP contribution in [0, 0.1) is 6.92 Å². The number of anilines is 1. The second-order valence-corrected chi connectivity index (χ2v) is 6.99. The van der Waals surface area contributed by atoms with Crippen LogP contribution in [0.3, 0.4) is 0 Å². The molecule has 0 radical (unpaired) electrons. The molecule has 3 heteroatoms. The fourth-order valence-electron chi connectivity index (χ4n) is 4.00. The van der Waals surface area contributed by atoms with Crippen LogP contribution in [0.4, 0.5) is 5.69 Å². The minimum atomic E-state index is -0.266. The second kappa shape index (κ2) is 6.17. The van der Waals surface area contributed by atoms with Gasteiger partial charge in [0.05, 0.1) is 16.8 Å². The average Bonchev–Trinajstić information content (AvgIpc) is 2.97. The molecule has 0 aromatic heterocycles.